The van der Waals surface area contributed by atoms with Gasteiger partial charge in [-0.15, -0.1) is 0 Å². The molecule has 0 aromatic heterocycles. The Balaban J connectivity index is 2.69. The predicted molar refractivity (Wildman–Crippen MR) is 71.4 cm³/mol. The van der Waals surface area contributed by atoms with E-state index in [0.717, 1.165) is 6.42 Å². The first kappa shape index (κ1) is 15.1. The summed E-state index contributed by atoms with van der Waals surface area (Å²) in [4.78, 5) is 23.5. The molecule has 4 nitrogen and oxygen atoms in total. The molecule has 0 aliphatic heterocycles. The minimum Gasteiger partial charge on any atom is -0.354 e. The van der Waals surface area contributed by atoms with Crippen molar-refractivity contribution in [2.45, 2.75) is 33.2 Å². The molecule has 5 heteroatoms. The summed E-state index contributed by atoms with van der Waals surface area (Å²) in [5.41, 5.74) is 0.353. The lowest BCUT2D eigenvalue weighted by atomic mass is 10.1. The number of hydrogen-bond acceptors (Lipinski definition) is 2. The van der Waals surface area contributed by atoms with Crippen LogP contribution >= 0.6 is 0 Å². The highest BCUT2D eigenvalue weighted by Crippen LogP contribution is 2.11. The summed E-state index contributed by atoms with van der Waals surface area (Å²) in [7, 11) is 0. The van der Waals surface area contributed by atoms with Crippen molar-refractivity contribution < 1.29 is 14.0 Å². The van der Waals surface area contributed by atoms with Gasteiger partial charge in [0.1, 0.15) is 11.9 Å². The van der Waals surface area contributed by atoms with Crippen LogP contribution in [0.4, 0.5) is 4.39 Å². The maximum atomic E-state index is 13.7. The van der Waals surface area contributed by atoms with Gasteiger partial charge in [0.05, 0.1) is 5.56 Å². The van der Waals surface area contributed by atoms with Crippen LogP contribution in [0.15, 0.2) is 18.2 Å². The first-order valence-electron chi connectivity index (χ1n) is 6.31. The van der Waals surface area contributed by atoms with Gasteiger partial charge in [0.2, 0.25) is 5.91 Å². The first-order chi connectivity index (χ1) is 8.97. The second-order valence-electron chi connectivity index (χ2n) is 4.42. The number of benzene rings is 1. The summed E-state index contributed by atoms with van der Waals surface area (Å²) >= 11 is 0. The first-order valence-corrected chi connectivity index (χ1v) is 6.31. The molecule has 1 unspecified atom stereocenters. The smallest absolute Gasteiger partial charge is 0.254 e. The van der Waals surface area contributed by atoms with Gasteiger partial charge in [-0.1, -0.05) is 19.1 Å². The molecule has 0 saturated carbocycles. The van der Waals surface area contributed by atoms with Crippen molar-refractivity contribution in [2.75, 3.05) is 6.54 Å². The van der Waals surface area contributed by atoms with Gasteiger partial charge in [0, 0.05) is 6.54 Å². The second kappa shape index (κ2) is 6.87. The molecule has 1 rings (SSSR count). The van der Waals surface area contributed by atoms with Crippen molar-refractivity contribution in [3.8, 4) is 0 Å². The molecular weight excluding hydrogens is 247 g/mol. The lowest BCUT2D eigenvalue weighted by Crippen LogP contribution is -2.45. The van der Waals surface area contributed by atoms with E-state index >= 15 is 0 Å². The Morgan fingerprint density at radius 1 is 1.37 bits per heavy atom. The van der Waals surface area contributed by atoms with E-state index in [-0.39, 0.29) is 11.5 Å². The zero-order chi connectivity index (χ0) is 14.4. The van der Waals surface area contributed by atoms with Crippen LogP contribution < -0.4 is 10.6 Å². The lowest BCUT2D eigenvalue weighted by molar-refractivity contribution is -0.122. The van der Waals surface area contributed by atoms with Gasteiger partial charge in [-0.2, -0.15) is 0 Å². The SMILES string of the molecule is CCCNC(=O)C(C)NC(=O)c1cccc(C)c1F. The van der Waals surface area contributed by atoms with E-state index in [1.807, 2.05) is 6.92 Å². The number of amides is 2. The maximum Gasteiger partial charge on any atom is 0.254 e. The number of carbonyl (C=O) groups is 2. The van der Waals surface area contributed by atoms with Crippen LogP contribution in [-0.2, 0) is 4.79 Å². The number of rotatable bonds is 5. The Hall–Kier alpha value is -1.91. The number of hydrogen-bond donors (Lipinski definition) is 2. The summed E-state index contributed by atoms with van der Waals surface area (Å²) in [6.45, 7) is 5.64. The van der Waals surface area contributed by atoms with E-state index < -0.39 is 17.8 Å². The van der Waals surface area contributed by atoms with Crippen molar-refractivity contribution >= 4 is 11.8 Å². The monoisotopic (exact) mass is 266 g/mol. The zero-order valence-corrected chi connectivity index (χ0v) is 11.4. The molecular formula is C14H19FN2O2. The molecule has 0 bridgehead atoms. The number of carbonyl (C=O) groups excluding carboxylic acids is 2. The summed E-state index contributed by atoms with van der Waals surface area (Å²) in [6, 6.07) is 3.89. The van der Waals surface area contributed by atoms with Crippen LogP contribution in [-0.4, -0.2) is 24.4 Å². The van der Waals surface area contributed by atoms with E-state index in [0.29, 0.717) is 12.1 Å². The Kier molecular flexibility index (Phi) is 5.48. The quantitative estimate of drug-likeness (QED) is 0.853. The maximum absolute atomic E-state index is 13.7. The van der Waals surface area contributed by atoms with Crippen molar-refractivity contribution in [3.05, 3.63) is 35.1 Å². The fraction of sp³-hybridized carbons (Fsp3) is 0.429. The van der Waals surface area contributed by atoms with E-state index in [2.05, 4.69) is 10.6 Å². The third-order valence-corrected chi connectivity index (χ3v) is 2.73. The Morgan fingerprint density at radius 2 is 2.05 bits per heavy atom. The topological polar surface area (TPSA) is 58.2 Å². The Bertz CT molecular complexity index is 475. The zero-order valence-electron chi connectivity index (χ0n) is 11.4. The molecule has 104 valence electrons. The normalized spacial score (nSPS) is 11.8. The van der Waals surface area contributed by atoms with E-state index in [1.54, 1.807) is 26.0 Å². The van der Waals surface area contributed by atoms with E-state index in [4.69, 9.17) is 0 Å². The van der Waals surface area contributed by atoms with Crippen LogP contribution in [0.25, 0.3) is 0 Å². The summed E-state index contributed by atoms with van der Waals surface area (Å²) in [5.74, 6) is -1.41. The Morgan fingerprint density at radius 3 is 2.68 bits per heavy atom. The van der Waals surface area contributed by atoms with Crippen LogP contribution in [0.5, 0.6) is 0 Å². The van der Waals surface area contributed by atoms with Crippen LogP contribution in [0.3, 0.4) is 0 Å². The third kappa shape index (κ3) is 4.05. The van der Waals surface area contributed by atoms with Gasteiger partial charge < -0.3 is 10.6 Å². The predicted octanol–water partition coefficient (Wildman–Crippen LogP) is 1.78. The highest BCUT2D eigenvalue weighted by atomic mass is 19.1. The van der Waals surface area contributed by atoms with Crippen LogP contribution in [0.2, 0.25) is 0 Å². The standard InChI is InChI=1S/C14H19FN2O2/c1-4-8-16-13(18)10(3)17-14(19)11-7-5-6-9(2)12(11)15/h5-7,10H,4,8H2,1-3H3,(H,16,18)(H,17,19). The number of nitrogens with one attached hydrogen (secondary N) is 2. The molecule has 0 fully saturated rings. The molecule has 2 amide bonds. The fourth-order valence-corrected chi connectivity index (χ4v) is 1.56. The molecule has 0 aliphatic carbocycles. The average Bonchev–Trinajstić information content (AvgIpc) is 2.38. The van der Waals surface area contributed by atoms with Gasteiger partial charge in [-0.3, -0.25) is 9.59 Å². The van der Waals surface area contributed by atoms with Crippen molar-refractivity contribution in [1.82, 2.24) is 10.6 Å². The molecule has 1 aromatic carbocycles. The van der Waals surface area contributed by atoms with Gasteiger partial charge in [-0.25, -0.2) is 4.39 Å². The van der Waals surface area contributed by atoms with Crippen molar-refractivity contribution in [2.24, 2.45) is 0 Å². The number of aryl methyl sites for hydroxylation is 1. The summed E-state index contributed by atoms with van der Waals surface area (Å²) in [5, 5.41) is 5.15. The molecule has 19 heavy (non-hydrogen) atoms. The van der Waals surface area contributed by atoms with Crippen molar-refractivity contribution in [3.63, 3.8) is 0 Å². The molecule has 0 radical (unpaired) electrons. The van der Waals surface area contributed by atoms with Gasteiger partial charge in [-0.05, 0) is 31.9 Å². The Labute approximate surface area is 112 Å². The van der Waals surface area contributed by atoms with Gasteiger partial charge >= 0.3 is 0 Å². The van der Waals surface area contributed by atoms with Crippen molar-refractivity contribution in [1.29, 1.82) is 0 Å². The minimum absolute atomic E-state index is 0.0462. The second-order valence-corrected chi connectivity index (χ2v) is 4.42. The number of halogens is 1. The molecule has 2 N–H and O–H groups in total. The molecule has 0 spiro atoms. The van der Waals surface area contributed by atoms with Crippen LogP contribution in [0.1, 0.15) is 36.2 Å². The summed E-state index contributed by atoms with van der Waals surface area (Å²) in [6.07, 6.45) is 0.818. The molecule has 0 heterocycles. The molecule has 0 aliphatic rings. The fourth-order valence-electron chi connectivity index (χ4n) is 1.56. The van der Waals surface area contributed by atoms with Gasteiger partial charge in [0.25, 0.3) is 5.91 Å². The average molecular weight is 266 g/mol. The minimum atomic E-state index is -0.695. The third-order valence-electron chi connectivity index (χ3n) is 2.73. The molecule has 0 saturated heterocycles. The largest absolute Gasteiger partial charge is 0.354 e. The lowest BCUT2D eigenvalue weighted by Gasteiger charge is -2.14. The van der Waals surface area contributed by atoms with E-state index in [1.165, 1.54) is 6.07 Å². The molecule has 1 aromatic rings. The highest BCUT2D eigenvalue weighted by molar-refractivity contribution is 5.97. The highest BCUT2D eigenvalue weighted by Gasteiger charge is 2.18. The molecule has 1 atom stereocenters. The van der Waals surface area contributed by atoms with E-state index in [9.17, 15) is 14.0 Å². The van der Waals surface area contributed by atoms with Gasteiger partial charge in [0.15, 0.2) is 0 Å². The summed E-state index contributed by atoms with van der Waals surface area (Å²) < 4.78 is 13.7. The van der Waals surface area contributed by atoms with Crippen LogP contribution in [0, 0.1) is 12.7 Å².